The first-order valence-corrected chi connectivity index (χ1v) is 12.0. The average Bonchev–Trinajstić information content (AvgIpc) is 2.90. The van der Waals surface area contributed by atoms with E-state index in [1.165, 1.54) is 44.8 Å². The van der Waals surface area contributed by atoms with Crippen LogP contribution in [0.15, 0.2) is 134 Å². The van der Waals surface area contributed by atoms with Crippen molar-refractivity contribution in [2.45, 2.75) is 6.92 Å². The number of allylic oxidation sites excluding steroid dienone is 6. The van der Waals surface area contributed by atoms with Crippen LogP contribution in [-0.2, 0) is 0 Å². The maximum Gasteiger partial charge on any atom is 0.0488 e. The van der Waals surface area contributed by atoms with Crippen LogP contribution in [0.5, 0.6) is 0 Å². The highest BCUT2D eigenvalue weighted by atomic mass is 15.1. The van der Waals surface area contributed by atoms with Crippen molar-refractivity contribution in [1.29, 1.82) is 0 Å². The maximum absolute atomic E-state index is 4.35. The van der Waals surface area contributed by atoms with E-state index in [2.05, 4.69) is 153 Å². The summed E-state index contributed by atoms with van der Waals surface area (Å²) in [5.74, 6) is 0. The molecule has 0 saturated heterocycles. The Morgan fingerprint density at radius 1 is 0.629 bits per heavy atom. The van der Waals surface area contributed by atoms with Gasteiger partial charge in [0.2, 0.25) is 0 Å². The Morgan fingerprint density at radius 3 is 2.00 bits per heavy atom. The highest BCUT2D eigenvalue weighted by Gasteiger charge is 2.22. The van der Waals surface area contributed by atoms with Crippen molar-refractivity contribution in [1.82, 2.24) is 0 Å². The minimum atomic E-state index is 0.996. The summed E-state index contributed by atoms with van der Waals surface area (Å²) >= 11 is 0. The molecule has 0 fully saturated rings. The van der Waals surface area contributed by atoms with Crippen molar-refractivity contribution >= 4 is 17.0 Å². The number of benzene rings is 4. The molecule has 170 valence electrons. The first-order chi connectivity index (χ1) is 17.1. The minimum absolute atomic E-state index is 0.996. The lowest BCUT2D eigenvalue weighted by Gasteiger charge is -2.32. The number of nitrogens with zero attached hydrogens (tertiary/aromatic N) is 1. The van der Waals surface area contributed by atoms with Gasteiger partial charge in [-0.25, -0.2) is 0 Å². The molecule has 0 aliphatic carbocycles. The fraction of sp³-hybridized carbons (Fsp3) is 0.0588. The van der Waals surface area contributed by atoms with Crippen LogP contribution in [-0.4, -0.2) is 7.05 Å². The summed E-state index contributed by atoms with van der Waals surface area (Å²) in [5, 5.41) is 0. The van der Waals surface area contributed by atoms with Crippen LogP contribution >= 0.6 is 0 Å². The quantitative estimate of drug-likeness (QED) is 0.274. The number of para-hydroxylation sites is 1. The molecule has 1 aliphatic heterocycles. The number of rotatable bonds is 5. The largest absolute Gasteiger partial charge is 0.344 e. The Morgan fingerprint density at radius 2 is 1.23 bits per heavy atom. The van der Waals surface area contributed by atoms with Crippen molar-refractivity contribution in [3.63, 3.8) is 0 Å². The van der Waals surface area contributed by atoms with Gasteiger partial charge in [-0.1, -0.05) is 122 Å². The van der Waals surface area contributed by atoms with E-state index in [9.17, 15) is 0 Å². The second-order valence-corrected chi connectivity index (χ2v) is 8.80. The summed E-state index contributed by atoms with van der Waals surface area (Å²) in [7, 11) is 2.13. The van der Waals surface area contributed by atoms with E-state index in [0.717, 1.165) is 11.1 Å². The monoisotopic (exact) mass is 451 g/mol. The fourth-order valence-corrected chi connectivity index (χ4v) is 4.79. The molecule has 1 nitrogen and oxygen atoms in total. The van der Waals surface area contributed by atoms with Crippen LogP contribution in [0.2, 0.25) is 0 Å². The molecule has 35 heavy (non-hydrogen) atoms. The van der Waals surface area contributed by atoms with Gasteiger partial charge in [-0.05, 0) is 52.5 Å². The van der Waals surface area contributed by atoms with Gasteiger partial charge in [0.05, 0.1) is 0 Å². The molecule has 0 unspecified atom stereocenters. The molecule has 0 amide bonds. The Hall–Kier alpha value is -4.36. The third-order valence-corrected chi connectivity index (χ3v) is 6.60. The van der Waals surface area contributed by atoms with E-state index in [-0.39, 0.29) is 0 Å². The highest BCUT2D eigenvalue weighted by Crippen LogP contribution is 2.43. The van der Waals surface area contributed by atoms with E-state index < -0.39 is 0 Å². The maximum atomic E-state index is 4.35. The zero-order valence-electron chi connectivity index (χ0n) is 20.3. The van der Waals surface area contributed by atoms with Crippen molar-refractivity contribution in [3.8, 4) is 22.3 Å². The average molecular weight is 452 g/mol. The van der Waals surface area contributed by atoms with Gasteiger partial charge in [-0.2, -0.15) is 0 Å². The summed E-state index contributed by atoms with van der Waals surface area (Å²) in [6.45, 7) is 6.50. The molecule has 4 aromatic rings. The Bertz CT molecular complexity index is 1480. The van der Waals surface area contributed by atoms with Gasteiger partial charge in [0.1, 0.15) is 0 Å². The number of hydrogen-bond acceptors (Lipinski definition) is 1. The molecule has 0 bridgehead atoms. The van der Waals surface area contributed by atoms with Gasteiger partial charge in [0.15, 0.2) is 0 Å². The molecule has 4 aromatic carbocycles. The Labute approximate surface area is 208 Å². The zero-order chi connectivity index (χ0) is 24.2. The van der Waals surface area contributed by atoms with E-state index in [1.54, 1.807) is 0 Å². The summed E-state index contributed by atoms with van der Waals surface area (Å²) in [6.07, 6.45) is 10.5. The molecule has 1 heteroatoms. The van der Waals surface area contributed by atoms with Gasteiger partial charge in [0.25, 0.3) is 0 Å². The fourth-order valence-electron chi connectivity index (χ4n) is 4.79. The standard InChI is InChI=1S/C34H29N/c1-25(28-18-9-10-19-29(28)27-17-8-7-16-26(27)2)15-5-4-6-23-33-31-21-12-11-20-30(31)32-22-13-14-24-34(32)35(33)3/h4-24H,1H2,2-3H3/b6-4+,15-5+,33-23+. The molecule has 5 rings (SSSR count). The normalized spacial score (nSPS) is 13.9. The Kier molecular flexibility index (Phi) is 6.32. The molecule has 0 saturated carbocycles. The van der Waals surface area contributed by atoms with Gasteiger partial charge in [-0.15, -0.1) is 0 Å². The lowest BCUT2D eigenvalue weighted by atomic mass is 9.91. The third-order valence-electron chi connectivity index (χ3n) is 6.60. The van der Waals surface area contributed by atoms with Crippen molar-refractivity contribution in [2.24, 2.45) is 0 Å². The molecular formula is C34H29N. The Balaban J connectivity index is 1.39. The lowest BCUT2D eigenvalue weighted by Crippen LogP contribution is -2.20. The van der Waals surface area contributed by atoms with Crippen molar-refractivity contribution in [3.05, 3.63) is 151 Å². The predicted molar refractivity (Wildman–Crippen MR) is 152 cm³/mol. The summed E-state index contributed by atoms with van der Waals surface area (Å²) in [4.78, 5) is 2.27. The number of aryl methyl sites for hydroxylation is 1. The van der Waals surface area contributed by atoms with Gasteiger partial charge in [-0.3, -0.25) is 0 Å². The van der Waals surface area contributed by atoms with Crippen LogP contribution in [0, 0.1) is 6.92 Å². The molecular weight excluding hydrogens is 422 g/mol. The third kappa shape index (κ3) is 4.41. The highest BCUT2D eigenvalue weighted by molar-refractivity contribution is 5.98. The summed E-state index contributed by atoms with van der Waals surface area (Å²) in [5.41, 5.74) is 12.1. The lowest BCUT2D eigenvalue weighted by molar-refractivity contribution is 1.20. The molecule has 1 aliphatic rings. The van der Waals surface area contributed by atoms with E-state index >= 15 is 0 Å². The van der Waals surface area contributed by atoms with Crippen molar-refractivity contribution < 1.29 is 0 Å². The zero-order valence-corrected chi connectivity index (χ0v) is 20.3. The topological polar surface area (TPSA) is 3.24 Å². The van der Waals surface area contributed by atoms with Crippen LogP contribution in [0.25, 0.3) is 33.5 Å². The molecule has 0 N–H and O–H groups in total. The SMILES string of the molecule is C=C(/C=C/C=C/C=C1\c2ccccc2-c2ccccc2N1C)c1ccccc1-c1ccccc1C. The minimum Gasteiger partial charge on any atom is -0.344 e. The number of hydrogen-bond donors (Lipinski definition) is 0. The van der Waals surface area contributed by atoms with Crippen LogP contribution < -0.4 is 4.90 Å². The molecule has 0 aromatic heterocycles. The van der Waals surface area contributed by atoms with E-state index in [4.69, 9.17) is 0 Å². The summed E-state index contributed by atoms with van der Waals surface area (Å²) in [6, 6.07) is 34.2. The van der Waals surface area contributed by atoms with E-state index in [0.29, 0.717) is 0 Å². The van der Waals surface area contributed by atoms with Gasteiger partial charge < -0.3 is 4.90 Å². The smallest absolute Gasteiger partial charge is 0.0488 e. The van der Waals surface area contributed by atoms with Gasteiger partial charge in [0, 0.05) is 29.6 Å². The van der Waals surface area contributed by atoms with Gasteiger partial charge >= 0.3 is 0 Å². The second kappa shape index (κ2) is 9.87. The first kappa shape index (κ1) is 22.4. The summed E-state index contributed by atoms with van der Waals surface area (Å²) < 4.78 is 0. The van der Waals surface area contributed by atoms with Crippen LogP contribution in [0.4, 0.5) is 5.69 Å². The predicted octanol–water partition coefficient (Wildman–Crippen LogP) is 8.95. The molecule has 0 spiro atoms. The molecule has 1 heterocycles. The van der Waals surface area contributed by atoms with Crippen LogP contribution in [0.1, 0.15) is 16.7 Å². The number of fused-ring (bicyclic) bond motifs is 3. The van der Waals surface area contributed by atoms with Crippen molar-refractivity contribution in [2.75, 3.05) is 11.9 Å². The second-order valence-electron chi connectivity index (χ2n) is 8.80. The molecule has 0 atom stereocenters. The first-order valence-electron chi connectivity index (χ1n) is 12.0. The number of anilines is 1. The van der Waals surface area contributed by atoms with Crippen LogP contribution in [0.3, 0.4) is 0 Å². The molecule has 0 radical (unpaired) electrons. The van der Waals surface area contributed by atoms with E-state index in [1.807, 2.05) is 0 Å².